The highest BCUT2D eigenvalue weighted by Gasteiger charge is 2.15. The molecule has 0 aliphatic heterocycles. The number of benzene rings is 1. The molecule has 0 fully saturated rings. The van der Waals surface area contributed by atoms with E-state index in [0.29, 0.717) is 6.54 Å². The Bertz CT molecular complexity index is 518. The summed E-state index contributed by atoms with van der Waals surface area (Å²) in [5.41, 5.74) is 1.80. The first-order valence-electron chi connectivity index (χ1n) is 6.81. The van der Waals surface area contributed by atoms with Gasteiger partial charge in [-0.25, -0.2) is 0 Å². The molecule has 5 nitrogen and oxygen atoms in total. The molecule has 0 saturated carbocycles. The zero-order valence-corrected chi connectivity index (χ0v) is 14.7. The van der Waals surface area contributed by atoms with Gasteiger partial charge in [-0.1, -0.05) is 0 Å². The molecule has 0 bridgehead atoms. The summed E-state index contributed by atoms with van der Waals surface area (Å²) in [5.74, 6) is -0.979. The van der Waals surface area contributed by atoms with Crippen LogP contribution in [0.4, 0.5) is 5.69 Å². The van der Waals surface area contributed by atoms with Gasteiger partial charge in [-0.05, 0) is 67.1 Å². The molecule has 1 rings (SSSR count). The summed E-state index contributed by atoms with van der Waals surface area (Å²) in [5, 5.41) is 11.6. The fourth-order valence-corrected chi connectivity index (χ4v) is 2.55. The fraction of sp³-hybridized carbons (Fsp3) is 0.467. The molecule has 0 aromatic heterocycles. The lowest BCUT2D eigenvalue weighted by Gasteiger charge is -2.25. The maximum Gasteiger partial charge on any atom is 0.304 e. The number of carbonyl (C=O) groups excluding carboxylic acids is 1. The van der Waals surface area contributed by atoms with Gasteiger partial charge >= 0.3 is 5.97 Å². The van der Waals surface area contributed by atoms with Crippen LogP contribution >= 0.6 is 22.6 Å². The monoisotopic (exact) mass is 404 g/mol. The predicted octanol–water partition coefficient (Wildman–Crippen LogP) is 2.72. The van der Waals surface area contributed by atoms with E-state index in [-0.39, 0.29) is 24.9 Å². The molecule has 0 spiro atoms. The number of nitrogens with one attached hydrogen (secondary N) is 1. The second kappa shape index (κ2) is 8.33. The number of aryl methyl sites for hydroxylation is 1. The third kappa shape index (κ3) is 6.43. The molecule has 0 unspecified atom stereocenters. The van der Waals surface area contributed by atoms with Crippen molar-refractivity contribution < 1.29 is 14.7 Å². The number of carboxylic acid groups (broad SMARTS) is 1. The number of aliphatic carboxylic acids is 1. The van der Waals surface area contributed by atoms with Gasteiger partial charge in [-0.15, -0.1) is 0 Å². The van der Waals surface area contributed by atoms with E-state index in [1.807, 2.05) is 43.9 Å². The highest BCUT2D eigenvalue weighted by Crippen LogP contribution is 2.17. The van der Waals surface area contributed by atoms with Crippen LogP contribution in [0.25, 0.3) is 0 Å². The van der Waals surface area contributed by atoms with Crippen molar-refractivity contribution in [3.8, 4) is 0 Å². The van der Waals surface area contributed by atoms with Gasteiger partial charge in [0.05, 0.1) is 13.0 Å². The number of hydrogen-bond donors (Lipinski definition) is 2. The largest absolute Gasteiger partial charge is 0.481 e. The molecule has 0 saturated heterocycles. The Kier molecular flexibility index (Phi) is 7.10. The molecule has 0 heterocycles. The number of carboxylic acids is 1. The van der Waals surface area contributed by atoms with Crippen molar-refractivity contribution in [2.75, 3.05) is 18.4 Å². The minimum absolute atomic E-state index is 0.0357. The second-order valence-corrected chi connectivity index (χ2v) is 6.46. The zero-order valence-electron chi connectivity index (χ0n) is 12.5. The molecule has 1 aromatic rings. The van der Waals surface area contributed by atoms with Crippen molar-refractivity contribution in [2.45, 2.75) is 33.2 Å². The lowest BCUT2D eigenvalue weighted by Crippen LogP contribution is -2.39. The van der Waals surface area contributed by atoms with Crippen LogP contribution in [0.2, 0.25) is 0 Å². The van der Waals surface area contributed by atoms with Crippen LogP contribution in [0, 0.1) is 10.5 Å². The van der Waals surface area contributed by atoms with Gasteiger partial charge in [0.25, 0.3) is 0 Å². The van der Waals surface area contributed by atoms with Crippen LogP contribution in [0.3, 0.4) is 0 Å². The number of anilines is 1. The maximum atomic E-state index is 12.1. The number of halogens is 1. The van der Waals surface area contributed by atoms with Crippen molar-refractivity contribution in [3.05, 3.63) is 27.3 Å². The van der Waals surface area contributed by atoms with Crippen molar-refractivity contribution in [2.24, 2.45) is 0 Å². The molecule has 0 aliphatic rings. The predicted molar refractivity (Wildman–Crippen MR) is 91.5 cm³/mol. The van der Waals surface area contributed by atoms with Gasteiger partial charge < -0.3 is 10.4 Å². The summed E-state index contributed by atoms with van der Waals surface area (Å²) in [7, 11) is 0. The van der Waals surface area contributed by atoms with Crippen LogP contribution in [0.5, 0.6) is 0 Å². The third-order valence-corrected chi connectivity index (χ3v) is 3.82. The summed E-state index contributed by atoms with van der Waals surface area (Å²) in [6.07, 6.45) is 0.0357. The Morgan fingerprint density at radius 1 is 1.38 bits per heavy atom. The van der Waals surface area contributed by atoms with Crippen LogP contribution in [0.15, 0.2) is 18.2 Å². The van der Waals surface area contributed by atoms with Crippen molar-refractivity contribution >= 4 is 40.2 Å². The molecule has 1 amide bonds. The van der Waals surface area contributed by atoms with Crippen LogP contribution < -0.4 is 5.32 Å². The Labute approximate surface area is 138 Å². The summed E-state index contributed by atoms with van der Waals surface area (Å²) in [6.45, 7) is 6.40. The number of hydrogen-bond acceptors (Lipinski definition) is 3. The Morgan fingerprint density at radius 3 is 2.57 bits per heavy atom. The average Bonchev–Trinajstić information content (AvgIpc) is 2.37. The standard InChI is InChI=1S/C15H21IN2O3/c1-10(2)18(7-6-15(20)21)9-14(19)17-13-5-4-12(16)8-11(13)3/h4-5,8,10H,6-7,9H2,1-3H3,(H,17,19)(H,20,21). The molecule has 2 N–H and O–H groups in total. The van der Waals surface area contributed by atoms with E-state index in [1.165, 1.54) is 0 Å². The Morgan fingerprint density at radius 2 is 2.05 bits per heavy atom. The van der Waals surface area contributed by atoms with E-state index in [4.69, 9.17) is 5.11 Å². The molecule has 0 radical (unpaired) electrons. The SMILES string of the molecule is Cc1cc(I)ccc1NC(=O)CN(CCC(=O)O)C(C)C. The van der Waals surface area contributed by atoms with E-state index in [2.05, 4.69) is 27.9 Å². The number of nitrogens with zero attached hydrogens (tertiary/aromatic N) is 1. The van der Waals surface area contributed by atoms with E-state index in [1.54, 1.807) is 0 Å². The van der Waals surface area contributed by atoms with E-state index >= 15 is 0 Å². The molecule has 0 atom stereocenters. The fourth-order valence-electron chi connectivity index (χ4n) is 1.90. The molecular formula is C15H21IN2O3. The lowest BCUT2D eigenvalue weighted by atomic mass is 10.2. The van der Waals surface area contributed by atoms with Gasteiger partial charge in [0.15, 0.2) is 0 Å². The third-order valence-electron chi connectivity index (χ3n) is 3.15. The molecule has 1 aromatic carbocycles. The summed E-state index contributed by atoms with van der Waals surface area (Å²) >= 11 is 2.22. The number of carbonyl (C=O) groups is 2. The quantitative estimate of drug-likeness (QED) is 0.686. The topological polar surface area (TPSA) is 69.6 Å². The Balaban J connectivity index is 2.63. The van der Waals surface area contributed by atoms with Gasteiger partial charge in [0.2, 0.25) is 5.91 Å². The highest BCUT2D eigenvalue weighted by atomic mass is 127. The highest BCUT2D eigenvalue weighted by molar-refractivity contribution is 14.1. The Hall–Kier alpha value is -1.15. The first-order chi connectivity index (χ1) is 9.79. The van der Waals surface area contributed by atoms with E-state index < -0.39 is 5.97 Å². The molecule has 0 aliphatic carbocycles. The minimum atomic E-state index is -0.852. The normalized spacial score (nSPS) is 11.0. The molecular weight excluding hydrogens is 383 g/mol. The minimum Gasteiger partial charge on any atom is -0.481 e. The second-order valence-electron chi connectivity index (χ2n) is 5.22. The average molecular weight is 404 g/mol. The molecule has 6 heteroatoms. The number of amides is 1. The summed E-state index contributed by atoms with van der Waals surface area (Å²) in [6, 6.07) is 5.94. The first kappa shape index (κ1) is 17.9. The van der Waals surface area contributed by atoms with Gasteiger partial charge in [0, 0.05) is 21.8 Å². The number of rotatable bonds is 7. The van der Waals surface area contributed by atoms with E-state index in [9.17, 15) is 9.59 Å². The molecule has 116 valence electrons. The van der Waals surface area contributed by atoms with Gasteiger partial charge in [-0.2, -0.15) is 0 Å². The van der Waals surface area contributed by atoms with Crippen molar-refractivity contribution in [1.29, 1.82) is 0 Å². The maximum absolute atomic E-state index is 12.1. The first-order valence-corrected chi connectivity index (χ1v) is 7.89. The summed E-state index contributed by atoms with van der Waals surface area (Å²) < 4.78 is 1.12. The molecule has 21 heavy (non-hydrogen) atoms. The zero-order chi connectivity index (χ0) is 16.0. The van der Waals surface area contributed by atoms with Crippen LogP contribution in [-0.2, 0) is 9.59 Å². The van der Waals surface area contributed by atoms with E-state index in [0.717, 1.165) is 14.8 Å². The van der Waals surface area contributed by atoms with Crippen molar-refractivity contribution in [1.82, 2.24) is 4.90 Å². The van der Waals surface area contributed by atoms with Gasteiger partial charge in [0.1, 0.15) is 0 Å². The van der Waals surface area contributed by atoms with Crippen molar-refractivity contribution in [3.63, 3.8) is 0 Å². The van der Waals surface area contributed by atoms with Gasteiger partial charge in [-0.3, -0.25) is 14.5 Å². The van der Waals surface area contributed by atoms with Crippen LogP contribution in [0.1, 0.15) is 25.8 Å². The summed E-state index contributed by atoms with van der Waals surface area (Å²) in [4.78, 5) is 24.6. The lowest BCUT2D eigenvalue weighted by molar-refractivity contribution is -0.137. The smallest absolute Gasteiger partial charge is 0.304 e. The van der Waals surface area contributed by atoms with Crippen LogP contribution in [-0.4, -0.2) is 41.0 Å².